The monoisotopic (exact) mass is 494 g/mol. The minimum atomic E-state index is -3.11. The van der Waals surface area contributed by atoms with Gasteiger partial charge in [0.2, 0.25) is 0 Å². The van der Waals surface area contributed by atoms with Gasteiger partial charge in [-0.15, -0.1) is 0 Å². The number of hydrogen-bond donors (Lipinski definition) is 2. The standard InChI is InChI=1S/C23H18ClF3N2O5/c1-32-18-8-5-14(11-17(18)29-22(31)15-6-4-13(24)10-16(15)25)28-21(30)12-3-7-19(33-2)20(9-12)34-23(26)27/h3-11,23H,1-2H3,(H,28,30)(H,29,31). The van der Waals surface area contributed by atoms with E-state index in [-0.39, 0.29) is 44.8 Å². The molecule has 3 aromatic rings. The average Bonchev–Trinajstić information content (AvgIpc) is 2.78. The zero-order valence-corrected chi connectivity index (χ0v) is 18.6. The van der Waals surface area contributed by atoms with Crippen molar-refractivity contribution < 1.29 is 37.0 Å². The number of carbonyl (C=O) groups is 2. The van der Waals surface area contributed by atoms with E-state index in [9.17, 15) is 22.8 Å². The second-order valence-electron chi connectivity index (χ2n) is 6.69. The summed E-state index contributed by atoms with van der Waals surface area (Å²) in [6, 6.07) is 11.7. The van der Waals surface area contributed by atoms with Crippen molar-refractivity contribution in [2.75, 3.05) is 24.9 Å². The normalized spacial score (nSPS) is 10.6. The Kier molecular flexibility index (Phi) is 7.85. The molecule has 0 aromatic heterocycles. The molecule has 2 N–H and O–H groups in total. The molecule has 34 heavy (non-hydrogen) atoms. The van der Waals surface area contributed by atoms with Gasteiger partial charge in [0.1, 0.15) is 11.6 Å². The Labute approximate surface area is 197 Å². The maximum absolute atomic E-state index is 14.1. The van der Waals surface area contributed by atoms with E-state index in [4.69, 9.17) is 21.1 Å². The Bertz CT molecular complexity index is 1220. The molecule has 3 aromatic carbocycles. The predicted molar refractivity (Wildman–Crippen MR) is 120 cm³/mol. The van der Waals surface area contributed by atoms with Crippen LogP contribution in [0.4, 0.5) is 24.5 Å². The van der Waals surface area contributed by atoms with Crippen molar-refractivity contribution in [1.29, 1.82) is 0 Å². The van der Waals surface area contributed by atoms with Gasteiger partial charge in [-0.1, -0.05) is 11.6 Å². The number of halogens is 4. The van der Waals surface area contributed by atoms with Crippen LogP contribution in [-0.2, 0) is 0 Å². The molecule has 0 atom stereocenters. The van der Waals surface area contributed by atoms with Crippen molar-refractivity contribution in [2.24, 2.45) is 0 Å². The van der Waals surface area contributed by atoms with E-state index in [0.717, 1.165) is 12.1 Å². The summed E-state index contributed by atoms with van der Waals surface area (Å²) in [5.74, 6) is -2.25. The highest BCUT2D eigenvalue weighted by atomic mass is 35.5. The summed E-state index contributed by atoms with van der Waals surface area (Å²) < 4.78 is 53.9. The van der Waals surface area contributed by atoms with Crippen LogP contribution in [0, 0.1) is 5.82 Å². The summed E-state index contributed by atoms with van der Waals surface area (Å²) in [4.78, 5) is 25.2. The lowest BCUT2D eigenvalue weighted by Crippen LogP contribution is -2.16. The number of nitrogens with one attached hydrogen (secondary N) is 2. The molecule has 2 amide bonds. The highest BCUT2D eigenvalue weighted by molar-refractivity contribution is 6.30. The Morgan fingerprint density at radius 1 is 0.853 bits per heavy atom. The van der Waals surface area contributed by atoms with Crippen LogP contribution in [0.25, 0.3) is 0 Å². The fourth-order valence-electron chi connectivity index (χ4n) is 2.96. The van der Waals surface area contributed by atoms with Gasteiger partial charge in [-0.3, -0.25) is 9.59 Å². The van der Waals surface area contributed by atoms with Gasteiger partial charge in [-0.05, 0) is 54.6 Å². The van der Waals surface area contributed by atoms with E-state index in [1.54, 1.807) is 0 Å². The molecule has 178 valence electrons. The first-order chi connectivity index (χ1) is 16.2. The molecule has 0 radical (unpaired) electrons. The second kappa shape index (κ2) is 10.8. The second-order valence-corrected chi connectivity index (χ2v) is 7.13. The smallest absolute Gasteiger partial charge is 0.387 e. The van der Waals surface area contributed by atoms with E-state index < -0.39 is 24.2 Å². The summed E-state index contributed by atoms with van der Waals surface area (Å²) in [7, 11) is 2.64. The van der Waals surface area contributed by atoms with Crippen LogP contribution in [0.1, 0.15) is 20.7 Å². The Hall–Kier alpha value is -3.92. The van der Waals surface area contributed by atoms with Crippen molar-refractivity contribution in [3.63, 3.8) is 0 Å². The molecule has 3 rings (SSSR count). The number of hydrogen-bond acceptors (Lipinski definition) is 5. The van der Waals surface area contributed by atoms with Crippen molar-refractivity contribution in [2.45, 2.75) is 6.61 Å². The number of anilines is 2. The van der Waals surface area contributed by atoms with Gasteiger partial charge in [-0.2, -0.15) is 8.78 Å². The molecule has 11 heteroatoms. The molecule has 0 saturated heterocycles. The highest BCUT2D eigenvalue weighted by Gasteiger charge is 2.17. The molecule has 0 saturated carbocycles. The van der Waals surface area contributed by atoms with E-state index in [0.29, 0.717) is 0 Å². The van der Waals surface area contributed by atoms with Gasteiger partial charge in [0.25, 0.3) is 11.8 Å². The zero-order chi connectivity index (χ0) is 24.8. The van der Waals surface area contributed by atoms with Gasteiger partial charge >= 0.3 is 6.61 Å². The van der Waals surface area contributed by atoms with Crippen molar-refractivity contribution in [3.05, 3.63) is 76.6 Å². The number of ether oxygens (including phenoxy) is 3. The third-order valence-electron chi connectivity index (χ3n) is 4.52. The number of amides is 2. The number of methoxy groups -OCH3 is 2. The molecule has 7 nitrogen and oxygen atoms in total. The maximum Gasteiger partial charge on any atom is 0.387 e. The van der Waals surface area contributed by atoms with Gasteiger partial charge in [0.15, 0.2) is 11.5 Å². The van der Waals surface area contributed by atoms with E-state index in [1.807, 2.05) is 0 Å². The zero-order valence-electron chi connectivity index (χ0n) is 17.8. The molecule has 0 unspecified atom stereocenters. The van der Waals surface area contributed by atoms with Crippen molar-refractivity contribution in [3.8, 4) is 17.2 Å². The largest absolute Gasteiger partial charge is 0.495 e. The topological polar surface area (TPSA) is 85.9 Å². The lowest BCUT2D eigenvalue weighted by molar-refractivity contribution is -0.0512. The fraction of sp³-hybridized carbons (Fsp3) is 0.130. The number of rotatable bonds is 8. The fourth-order valence-corrected chi connectivity index (χ4v) is 3.11. The third kappa shape index (κ3) is 5.90. The first-order valence-corrected chi connectivity index (χ1v) is 9.98. The van der Waals surface area contributed by atoms with Crippen LogP contribution in [0.3, 0.4) is 0 Å². The molecule has 0 aliphatic carbocycles. The molecule has 0 fully saturated rings. The number of carbonyl (C=O) groups excluding carboxylic acids is 2. The third-order valence-corrected chi connectivity index (χ3v) is 4.76. The molecule has 0 heterocycles. The minimum Gasteiger partial charge on any atom is -0.495 e. The maximum atomic E-state index is 14.1. The van der Waals surface area contributed by atoms with Crippen LogP contribution >= 0.6 is 11.6 Å². The SMILES string of the molecule is COc1ccc(NC(=O)c2ccc(OC)c(OC(F)F)c2)cc1NC(=O)c1ccc(Cl)cc1F. The number of benzene rings is 3. The Morgan fingerprint density at radius 2 is 1.56 bits per heavy atom. The molecular weight excluding hydrogens is 477 g/mol. The average molecular weight is 495 g/mol. The number of alkyl halides is 2. The van der Waals surface area contributed by atoms with E-state index >= 15 is 0 Å². The molecule has 0 spiro atoms. The van der Waals surface area contributed by atoms with Crippen molar-refractivity contribution in [1.82, 2.24) is 0 Å². The summed E-state index contributed by atoms with van der Waals surface area (Å²) >= 11 is 5.72. The lowest BCUT2D eigenvalue weighted by Gasteiger charge is -2.14. The van der Waals surface area contributed by atoms with E-state index in [2.05, 4.69) is 15.4 Å². The van der Waals surface area contributed by atoms with Crippen LogP contribution in [0.2, 0.25) is 5.02 Å². The predicted octanol–water partition coefficient (Wildman–Crippen LogP) is 5.60. The Balaban J connectivity index is 1.83. The first kappa shape index (κ1) is 24.7. The summed E-state index contributed by atoms with van der Waals surface area (Å²) in [6.07, 6.45) is 0. The van der Waals surface area contributed by atoms with Crippen LogP contribution < -0.4 is 24.8 Å². The van der Waals surface area contributed by atoms with Gasteiger partial charge in [-0.25, -0.2) is 4.39 Å². The van der Waals surface area contributed by atoms with Crippen LogP contribution in [-0.4, -0.2) is 32.6 Å². The van der Waals surface area contributed by atoms with Crippen molar-refractivity contribution >= 4 is 34.8 Å². The molecule has 0 aliphatic rings. The molecular formula is C23H18ClF3N2O5. The summed E-state index contributed by atoms with van der Waals surface area (Å²) in [6.45, 7) is -3.11. The van der Waals surface area contributed by atoms with E-state index in [1.165, 1.54) is 56.7 Å². The Morgan fingerprint density at radius 3 is 2.21 bits per heavy atom. The van der Waals surface area contributed by atoms with Crippen LogP contribution in [0.15, 0.2) is 54.6 Å². The summed E-state index contributed by atoms with van der Waals surface area (Å²) in [5, 5.41) is 5.23. The highest BCUT2D eigenvalue weighted by Crippen LogP contribution is 2.31. The quantitative estimate of drug-likeness (QED) is 0.425. The molecule has 0 bridgehead atoms. The van der Waals surface area contributed by atoms with Crippen LogP contribution in [0.5, 0.6) is 17.2 Å². The first-order valence-electron chi connectivity index (χ1n) is 9.60. The molecule has 0 aliphatic heterocycles. The minimum absolute atomic E-state index is 0.0149. The van der Waals surface area contributed by atoms with Gasteiger partial charge in [0.05, 0.1) is 25.5 Å². The summed E-state index contributed by atoms with van der Waals surface area (Å²) in [5.41, 5.74) is 0.160. The van der Waals surface area contributed by atoms with Gasteiger partial charge in [0, 0.05) is 16.3 Å². The van der Waals surface area contributed by atoms with Gasteiger partial charge < -0.3 is 24.8 Å². The lowest BCUT2D eigenvalue weighted by atomic mass is 10.1.